The van der Waals surface area contributed by atoms with Crippen LogP contribution in [0.2, 0.25) is 5.02 Å². The van der Waals surface area contributed by atoms with E-state index in [0.29, 0.717) is 24.7 Å². The Morgan fingerprint density at radius 1 is 1.17 bits per heavy atom. The van der Waals surface area contributed by atoms with E-state index in [0.717, 1.165) is 18.6 Å². The highest BCUT2D eigenvalue weighted by Crippen LogP contribution is 2.55. The molecule has 3 aliphatic carbocycles. The van der Waals surface area contributed by atoms with Crippen molar-refractivity contribution < 1.29 is 41.0 Å². The normalized spacial score (nSPS) is 29.0. The minimum absolute atomic E-state index is 0.0450. The maximum absolute atomic E-state index is 14.4. The van der Waals surface area contributed by atoms with E-state index < -0.39 is 56.3 Å². The highest BCUT2D eigenvalue weighted by molar-refractivity contribution is 7.92. The summed E-state index contributed by atoms with van der Waals surface area (Å²) in [6.07, 6.45) is 1.42. The molecule has 2 N–H and O–H groups in total. The number of benzene rings is 2. The third-order valence-corrected chi connectivity index (χ3v) is 11.2. The van der Waals surface area contributed by atoms with Crippen LogP contribution in [-0.2, 0) is 21.2 Å². The molecule has 0 aromatic heterocycles. The van der Waals surface area contributed by atoms with Gasteiger partial charge in [0.05, 0.1) is 41.1 Å². The number of hydrogen-bond donors (Lipinski definition) is 2. The summed E-state index contributed by atoms with van der Waals surface area (Å²) in [4.78, 5) is 12.7. The fourth-order valence-electron chi connectivity index (χ4n) is 6.41. The van der Waals surface area contributed by atoms with Crippen LogP contribution < -0.4 is 10.1 Å². The maximum Gasteiger partial charge on any atom is 0.255 e. The predicted octanol–water partition coefficient (Wildman–Crippen LogP) is 5.76. The van der Waals surface area contributed by atoms with Crippen molar-refractivity contribution in [3.05, 3.63) is 82.0 Å². The van der Waals surface area contributed by atoms with E-state index in [1.165, 1.54) is 12.1 Å². The first-order chi connectivity index (χ1) is 19.7. The van der Waals surface area contributed by atoms with Gasteiger partial charge >= 0.3 is 0 Å². The number of hydrogen-bond acceptors (Lipinski definition) is 6. The standard InChI is InChI=1S/C30H31ClF3NO6S/c1-29(34)14-20(12-24(32)27(29)33)35-28(36)18-6-10-23(31)25(11-18)42(38,39)26-19-5-9-22(26)30(37,13-19)16-41-15-17-3-7-21(40-2)8-4-17/h3-4,6-8,10-12,19,22,26,37H,5,9,13-16H2,1-2H3,(H,35,36)/t19?,22?,26-,29?,30+/m1/s1. The van der Waals surface area contributed by atoms with Crippen LogP contribution >= 0.6 is 11.6 Å². The number of halogens is 4. The second kappa shape index (κ2) is 11.3. The minimum atomic E-state index is -4.12. The highest BCUT2D eigenvalue weighted by Gasteiger charge is 2.61. The van der Waals surface area contributed by atoms with Gasteiger partial charge in [0.1, 0.15) is 5.75 Å². The highest BCUT2D eigenvalue weighted by atomic mass is 35.5. The molecule has 3 aliphatic rings. The van der Waals surface area contributed by atoms with E-state index in [2.05, 4.69) is 5.32 Å². The summed E-state index contributed by atoms with van der Waals surface area (Å²) in [5.41, 5.74) is -3.42. The van der Waals surface area contributed by atoms with Crippen LogP contribution in [0.1, 0.15) is 48.5 Å². The number of carbonyl (C=O) groups excluding carboxylic acids is 1. The van der Waals surface area contributed by atoms with E-state index in [1.54, 1.807) is 19.2 Å². The molecule has 2 saturated carbocycles. The zero-order valence-corrected chi connectivity index (χ0v) is 24.6. The van der Waals surface area contributed by atoms with Crippen molar-refractivity contribution in [3.63, 3.8) is 0 Å². The Bertz CT molecular complexity index is 1560. The van der Waals surface area contributed by atoms with Crippen molar-refractivity contribution in [1.29, 1.82) is 0 Å². The average molecular weight is 626 g/mol. The van der Waals surface area contributed by atoms with Gasteiger partial charge in [0.2, 0.25) is 0 Å². The second-order valence-electron chi connectivity index (χ2n) is 11.4. The van der Waals surface area contributed by atoms with Gasteiger partial charge in [-0.15, -0.1) is 0 Å². The number of ether oxygens (including phenoxy) is 2. The summed E-state index contributed by atoms with van der Waals surface area (Å²) in [7, 11) is -2.55. The fourth-order valence-corrected chi connectivity index (χ4v) is 9.34. The smallest absolute Gasteiger partial charge is 0.255 e. The van der Waals surface area contributed by atoms with Crippen LogP contribution in [-0.4, -0.2) is 49.7 Å². The molecule has 2 aromatic carbocycles. The van der Waals surface area contributed by atoms with Gasteiger partial charge in [-0.05, 0) is 74.1 Å². The lowest BCUT2D eigenvalue weighted by Gasteiger charge is -2.32. The van der Waals surface area contributed by atoms with Crippen LogP contribution in [0.15, 0.2) is 70.8 Å². The Balaban J connectivity index is 1.32. The van der Waals surface area contributed by atoms with Gasteiger partial charge in [-0.3, -0.25) is 4.79 Å². The molecule has 12 heteroatoms. The summed E-state index contributed by atoms with van der Waals surface area (Å²) in [6, 6.07) is 10.9. The van der Waals surface area contributed by atoms with Crippen LogP contribution in [0, 0.1) is 11.8 Å². The Morgan fingerprint density at radius 2 is 1.88 bits per heavy atom. The summed E-state index contributed by atoms with van der Waals surface area (Å²) in [5, 5.41) is 12.8. The monoisotopic (exact) mass is 625 g/mol. The molecule has 0 saturated heterocycles. The second-order valence-corrected chi connectivity index (χ2v) is 13.9. The maximum atomic E-state index is 14.4. The first-order valence-electron chi connectivity index (χ1n) is 13.5. The zero-order valence-electron chi connectivity index (χ0n) is 23.0. The number of allylic oxidation sites excluding steroid dienone is 4. The van der Waals surface area contributed by atoms with Crippen LogP contribution in [0.25, 0.3) is 0 Å². The minimum Gasteiger partial charge on any atom is -0.497 e. The van der Waals surface area contributed by atoms with Gasteiger partial charge in [0, 0.05) is 23.6 Å². The molecule has 5 atom stereocenters. The number of aliphatic hydroxyl groups is 1. The molecule has 42 heavy (non-hydrogen) atoms. The summed E-state index contributed by atoms with van der Waals surface area (Å²) >= 11 is 6.32. The fraction of sp³-hybridized carbons (Fsp3) is 0.433. The first-order valence-corrected chi connectivity index (χ1v) is 15.4. The Morgan fingerprint density at radius 3 is 2.55 bits per heavy atom. The molecule has 1 amide bonds. The summed E-state index contributed by atoms with van der Waals surface area (Å²) < 4.78 is 80.9. The molecule has 226 valence electrons. The molecule has 3 unspecified atom stereocenters. The lowest BCUT2D eigenvalue weighted by Crippen LogP contribution is -2.42. The van der Waals surface area contributed by atoms with E-state index in [9.17, 15) is 31.5 Å². The largest absolute Gasteiger partial charge is 0.497 e. The quantitative estimate of drug-likeness (QED) is 0.367. The lowest BCUT2D eigenvalue weighted by molar-refractivity contribution is -0.0846. The number of rotatable bonds is 9. The molecule has 0 spiro atoms. The molecule has 5 rings (SSSR count). The van der Waals surface area contributed by atoms with Crippen LogP contribution in [0.5, 0.6) is 5.75 Å². The number of amides is 1. The van der Waals surface area contributed by atoms with E-state index in [-0.39, 0.29) is 46.7 Å². The first kappa shape index (κ1) is 30.6. The Hall–Kier alpha value is -2.86. The molecule has 0 aliphatic heterocycles. The summed E-state index contributed by atoms with van der Waals surface area (Å²) in [6.45, 7) is 1.04. The molecular weight excluding hydrogens is 595 g/mol. The molecule has 0 heterocycles. The predicted molar refractivity (Wildman–Crippen MR) is 150 cm³/mol. The van der Waals surface area contributed by atoms with Crippen LogP contribution in [0.3, 0.4) is 0 Å². The van der Waals surface area contributed by atoms with Gasteiger partial charge < -0.3 is 19.9 Å². The van der Waals surface area contributed by atoms with Crippen molar-refractivity contribution in [2.45, 2.75) is 60.6 Å². The SMILES string of the molecule is COc1ccc(COC[C@@]2(O)CC3CCC2[C@@H]3S(=O)(=O)c2cc(C(=O)NC3=CC(F)=C(F)C(C)(F)C3)ccc2Cl)cc1. The number of sulfone groups is 1. The topological polar surface area (TPSA) is 102 Å². The van der Waals surface area contributed by atoms with Crippen molar-refractivity contribution in [2.24, 2.45) is 11.8 Å². The number of fused-ring (bicyclic) bond motifs is 2. The van der Waals surface area contributed by atoms with Gasteiger partial charge in [-0.1, -0.05) is 23.7 Å². The average Bonchev–Trinajstić information content (AvgIpc) is 3.48. The molecule has 2 aromatic rings. The lowest BCUT2D eigenvalue weighted by atomic mass is 9.85. The van der Waals surface area contributed by atoms with Gasteiger partial charge in [-0.2, -0.15) is 0 Å². The number of nitrogens with one attached hydrogen (secondary N) is 1. The van der Waals surface area contributed by atoms with Crippen molar-refractivity contribution in [3.8, 4) is 5.75 Å². The summed E-state index contributed by atoms with van der Waals surface area (Å²) in [5.74, 6) is -4.05. The molecular formula is C30H31ClF3NO6S. The van der Waals surface area contributed by atoms with Gasteiger partial charge in [0.15, 0.2) is 27.2 Å². The third-order valence-electron chi connectivity index (χ3n) is 8.42. The van der Waals surface area contributed by atoms with Gasteiger partial charge in [-0.25, -0.2) is 21.6 Å². The van der Waals surface area contributed by atoms with E-state index >= 15 is 0 Å². The third kappa shape index (κ3) is 5.71. The Kier molecular flexibility index (Phi) is 8.25. The number of methoxy groups -OCH3 is 1. The van der Waals surface area contributed by atoms with E-state index in [1.807, 2.05) is 12.1 Å². The number of alkyl halides is 1. The molecule has 7 nitrogen and oxygen atoms in total. The van der Waals surface area contributed by atoms with Crippen molar-refractivity contribution in [2.75, 3.05) is 13.7 Å². The van der Waals surface area contributed by atoms with Crippen LogP contribution in [0.4, 0.5) is 13.2 Å². The molecule has 2 fully saturated rings. The molecule has 2 bridgehead atoms. The van der Waals surface area contributed by atoms with E-state index in [4.69, 9.17) is 21.1 Å². The Labute approximate surface area is 247 Å². The molecule has 0 radical (unpaired) electrons. The zero-order chi connectivity index (χ0) is 30.4. The van der Waals surface area contributed by atoms with Crippen molar-refractivity contribution >= 4 is 27.3 Å². The van der Waals surface area contributed by atoms with Crippen molar-refractivity contribution in [1.82, 2.24) is 5.32 Å². The van der Waals surface area contributed by atoms with Gasteiger partial charge in [0.25, 0.3) is 5.91 Å². The number of carbonyl (C=O) groups is 1.